The Labute approximate surface area is 128 Å². The molecule has 1 aromatic rings. The Hall–Kier alpha value is -0.910. The zero-order valence-corrected chi connectivity index (χ0v) is 14.2. The van der Waals surface area contributed by atoms with Crippen molar-refractivity contribution in [2.24, 2.45) is 0 Å². The third-order valence-corrected chi connectivity index (χ3v) is 5.46. The van der Waals surface area contributed by atoms with E-state index in [0.29, 0.717) is 18.5 Å². The van der Waals surface area contributed by atoms with Crippen molar-refractivity contribution in [3.8, 4) is 0 Å². The van der Waals surface area contributed by atoms with Crippen molar-refractivity contribution in [1.29, 1.82) is 0 Å². The van der Waals surface area contributed by atoms with E-state index in [1.54, 1.807) is 0 Å². The van der Waals surface area contributed by atoms with Crippen LogP contribution in [0.3, 0.4) is 0 Å². The Morgan fingerprint density at radius 3 is 2.48 bits per heavy atom. The number of fused-ring (bicyclic) bond motifs is 1. The van der Waals surface area contributed by atoms with Gasteiger partial charge in [-0.15, -0.1) is 0 Å². The molecule has 0 amide bonds. The van der Waals surface area contributed by atoms with Crippen LogP contribution in [0.2, 0.25) is 0 Å². The fourth-order valence-electron chi connectivity index (χ4n) is 3.33. The van der Waals surface area contributed by atoms with Crippen molar-refractivity contribution in [2.75, 3.05) is 32.6 Å². The van der Waals surface area contributed by atoms with Gasteiger partial charge in [0.05, 0.1) is 5.75 Å². The third kappa shape index (κ3) is 3.84. The Morgan fingerprint density at radius 1 is 1.29 bits per heavy atom. The summed E-state index contributed by atoms with van der Waals surface area (Å²) in [5, 5.41) is 3.42. The van der Waals surface area contributed by atoms with E-state index in [2.05, 4.69) is 41.4 Å². The second kappa shape index (κ2) is 6.46. The molecule has 21 heavy (non-hydrogen) atoms. The summed E-state index contributed by atoms with van der Waals surface area (Å²) in [6.07, 6.45) is 2.35. The van der Waals surface area contributed by atoms with E-state index >= 15 is 0 Å². The first-order valence-corrected chi connectivity index (χ1v) is 9.53. The van der Waals surface area contributed by atoms with Gasteiger partial charge in [0.1, 0.15) is 9.84 Å². The van der Waals surface area contributed by atoms with Crippen molar-refractivity contribution < 1.29 is 8.42 Å². The number of hydrogen-bond donors (Lipinski definition) is 1. The summed E-state index contributed by atoms with van der Waals surface area (Å²) in [6.45, 7) is 2.83. The molecule has 4 nitrogen and oxygen atoms in total. The van der Waals surface area contributed by atoms with Crippen LogP contribution in [0.15, 0.2) is 24.3 Å². The predicted octanol–water partition coefficient (Wildman–Crippen LogP) is 1.80. The van der Waals surface area contributed by atoms with Gasteiger partial charge >= 0.3 is 0 Å². The molecule has 1 aliphatic rings. The molecule has 0 aromatic heterocycles. The highest BCUT2D eigenvalue weighted by atomic mass is 32.2. The normalized spacial score (nSPS) is 25.9. The van der Waals surface area contributed by atoms with Crippen LogP contribution in [0.5, 0.6) is 0 Å². The molecule has 3 unspecified atom stereocenters. The summed E-state index contributed by atoms with van der Waals surface area (Å²) in [6, 6.07) is 9.13. The monoisotopic (exact) mass is 310 g/mol. The molecule has 0 spiro atoms. The lowest BCUT2D eigenvalue weighted by molar-refractivity contribution is 0.176. The fraction of sp³-hybridized carbons (Fsp3) is 0.625. The molecule has 0 heterocycles. The van der Waals surface area contributed by atoms with Gasteiger partial charge in [-0.05, 0) is 37.6 Å². The van der Waals surface area contributed by atoms with Gasteiger partial charge in [0, 0.05) is 24.9 Å². The molecule has 118 valence electrons. The van der Waals surface area contributed by atoms with Crippen LogP contribution < -0.4 is 5.32 Å². The van der Waals surface area contributed by atoms with Crippen molar-refractivity contribution >= 4 is 9.84 Å². The van der Waals surface area contributed by atoms with E-state index in [-0.39, 0.29) is 11.8 Å². The van der Waals surface area contributed by atoms with Crippen molar-refractivity contribution in [3.05, 3.63) is 35.4 Å². The summed E-state index contributed by atoms with van der Waals surface area (Å²) in [5.41, 5.74) is 2.75. The first kappa shape index (κ1) is 16.5. The molecule has 3 atom stereocenters. The quantitative estimate of drug-likeness (QED) is 0.901. The van der Waals surface area contributed by atoms with Gasteiger partial charge in [0.25, 0.3) is 0 Å². The zero-order chi connectivity index (χ0) is 15.6. The minimum atomic E-state index is -2.92. The van der Waals surface area contributed by atoms with Crippen molar-refractivity contribution in [3.63, 3.8) is 0 Å². The molecule has 1 aliphatic carbocycles. The minimum Gasteiger partial charge on any atom is -0.312 e. The van der Waals surface area contributed by atoms with Gasteiger partial charge < -0.3 is 10.2 Å². The van der Waals surface area contributed by atoms with E-state index in [9.17, 15) is 8.42 Å². The number of hydrogen-bond acceptors (Lipinski definition) is 4. The second-order valence-electron chi connectivity index (χ2n) is 6.21. The van der Waals surface area contributed by atoms with E-state index in [1.807, 2.05) is 14.1 Å². The number of benzene rings is 1. The molecule has 0 fully saturated rings. The fourth-order valence-corrected chi connectivity index (χ4v) is 3.95. The molecule has 5 heteroatoms. The van der Waals surface area contributed by atoms with Gasteiger partial charge in [-0.1, -0.05) is 31.2 Å². The molecule has 0 bridgehead atoms. The van der Waals surface area contributed by atoms with Gasteiger partial charge in [0.15, 0.2) is 0 Å². The van der Waals surface area contributed by atoms with E-state index in [0.717, 1.165) is 6.42 Å². The SMILES string of the molecule is CNC1c2ccccc2C(C)CC1N(C)CCS(C)(=O)=O. The Kier molecular flexibility index (Phi) is 5.07. The molecule has 0 aliphatic heterocycles. The number of rotatable bonds is 5. The lowest BCUT2D eigenvalue weighted by Crippen LogP contribution is -2.46. The van der Waals surface area contributed by atoms with E-state index in [1.165, 1.54) is 17.4 Å². The van der Waals surface area contributed by atoms with Crippen LogP contribution in [0, 0.1) is 0 Å². The van der Waals surface area contributed by atoms with E-state index < -0.39 is 9.84 Å². The van der Waals surface area contributed by atoms with Crippen molar-refractivity contribution in [2.45, 2.75) is 31.3 Å². The number of nitrogens with zero attached hydrogens (tertiary/aromatic N) is 1. The van der Waals surface area contributed by atoms with Crippen molar-refractivity contribution in [1.82, 2.24) is 10.2 Å². The molecule has 0 saturated heterocycles. The van der Waals surface area contributed by atoms with Crippen LogP contribution in [0.25, 0.3) is 0 Å². The number of likely N-dealkylation sites (N-methyl/N-ethyl adjacent to an activating group) is 2. The van der Waals surface area contributed by atoms with E-state index in [4.69, 9.17) is 0 Å². The number of sulfone groups is 1. The first-order chi connectivity index (χ1) is 9.83. The largest absolute Gasteiger partial charge is 0.312 e. The highest BCUT2D eigenvalue weighted by molar-refractivity contribution is 7.90. The summed E-state index contributed by atoms with van der Waals surface area (Å²) in [4.78, 5) is 2.19. The average molecular weight is 310 g/mol. The lowest BCUT2D eigenvalue weighted by Gasteiger charge is -2.41. The maximum absolute atomic E-state index is 11.4. The maximum atomic E-state index is 11.4. The molecule has 2 rings (SSSR count). The van der Waals surface area contributed by atoms with Crippen LogP contribution in [-0.2, 0) is 9.84 Å². The summed E-state index contributed by atoms with van der Waals surface area (Å²) in [7, 11) is 1.09. The number of nitrogens with one attached hydrogen (secondary N) is 1. The lowest BCUT2D eigenvalue weighted by atomic mass is 9.77. The van der Waals surface area contributed by atoms with Crippen LogP contribution in [-0.4, -0.2) is 52.0 Å². The highest BCUT2D eigenvalue weighted by Gasteiger charge is 2.34. The predicted molar refractivity (Wildman–Crippen MR) is 87.4 cm³/mol. The molecule has 1 aromatic carbocycles. The second-order valence-corrected chi connectivity index (χ2v) is 8.47. The topological polar surface area (TPSA) is 49.4 Å². The molecule has 1 N–H and O–H groups in total. The Morgan fingerprint density at radius 2 is 1.90 bits per heavy atom. The molecular weight excluding hydrogens is 284 g/mol. The smallest absolute Gasteiger partial charge is 0.148 e. The minimum absolute atomic E-state index is 0.215. The summed E-state index contributed by atoms with van der Waals surface area (Å²) in [5.74, 6) is 0.711. The highest BCUT2D eigenvalue weighted by Crippen LogP contribution is 2.39. The standard InChI is InChI=1S/C16H26N2O2S/c1-12-11-15(18(3)9-10-21(4,19)20)16(17-2)14-8-6-5-7-13(12)14/h5-8,12,15-17H,9-11H2,1-4H3. The zero-order valence-electron chi connectivity index (χ0n) is 13.3. The summed E-state index contributed by atoms with van der Waals surface area (Å²) >= 11 is 0. The van der Waals surface area contributed by atoms with Gasteiger partial charge in [0.2, 0.25) is 0 Å². The average Bonchev–Trinajstić information content (AvgIpc) is 2.44. The molecule has 0 saturated carbocycles. The Bertz CT molecular complexity index is 586. The van der Waals surface area contributed by atoms with Gasteiger partial charge in [-0.2, -0.15) is 0 Å². The van der Waals surface area contributed by atoms with Gasteiger partial charge in [-0.25, -0.2) is 8.42 Å². The van der Waals surface area contributed by atoms with Crippen LogP contribution in [0.4, 0.5) is 0 Å². The summed E-state index contributed by atoms with van der Waals surface area (Å²) < 4.78 is 22.8. The van der Waals surface area contributed by atoms with Gasteiger partial charge in [-0.3, -0.25) is 0 Å². The maximum Gasteiger partial charge on any atom is 0.148 e. The van der Waals surface area contributed by atoms with Crippen LogP contribution in [0.1, 0.15) is 36.4 Å². The first-order valence-electron chi connectivity index (χ1n) is 7.47. The molecule has 0 radical (unpaired) electrons. The molecular formula is C16H26N2O2S. The third-order valence-electron chi connectivity index (χ3n) is 4.53. The van der Waals surface area contributed by atoms with Crippen LogP contribution >= 0.6 is 0 Å². The Balaban J connectivity index is 2.21.